The lowest BCUT2D eigenvalue weighted by Crippen LogP contribution is -2.37. The molecular weight excluding hydrogens is 420 g/mol. The second-order valence-electron chi connectivity index (χ2n) is 10.1. The van der Waals surface area contributed by atoms with E-state index >= 15 is 0 Å². The summed E-state index contributed by atoms with van der Waals surface area (Å²) in [6, 6.07) is 4.15. The number of aromatic nitrogens is 1. The first-order valence-electron chi connectivity index (χ1n) is 11.6. The topological polar surface area (TPSA) is 75.8 Å². The molecule has 1 N–H and O–H groups in total. The highest BCUT2D eigenvalue weighted by atomic mass is 28.3. The number of piperidine rings is 1. The lowest BCUT2D eigenvalue weighted by Gasteiger charge is -2.33. The Morgan fingerprint density at radius 3 is 2.59 bits per heavy atom. The number of benzene rings is 1. The van der Waals surface area contributed by atoms with Gasteiger partial charge >= 0.3 is 6.09 Å². The highest BCUT2D eigenvalue weighted by Gasteiger charge is 2.33. The van der Waals surface area contributed by atoms with E-state index in [-0.39, 0.29) is 11.5 Å². The number of carboxylic acid groups (broad SMARTS) is 1. The minimum atomic E-state index is -1.31. The largest absolute Gasteiger partial charge is 0.465 e. The van der Waals surface area contributed by atoms with Crippen molar-refractivity contribution < 1.29 is 18.9 Å². The van der Waals surface area contributed by atoms with Gasteiger partial charge in [-0.15, -0.1) is 5.92 Å². The Labute approximate surface area is 193 Å². The average molecular weight is 457 g/mol. The molecule has 1 aliphatic rings. The summed E-state index contributed by atoms with van der Waals surface area (Å²) in [4.78, 5) is 12.6. The molecule has 0 spiro atoms. The Balaban J connectivity index is 1.89. The highest BCUT2D eigenvalue weighted by Crippen LogP contribution is 2.42. The van der Waals surface area contributed by atoms with Crippen LogP contribution in [0, 0.1) is 23.2 Å². The van der Waals surface area contributed by atoms with Gasteiger partial charge in [-0.25, -0.2) is 4.79 Å². The predicted molar refractivity (Wildman–Crippen MR) is 129 cm³/mol. The Kier molecular flexibility index (Phi) is 7.68. The van der Waals surface area contributed by atoms with Gasteiger partial charge in [-0.1, -0.05) is 31.8 Å². The van der Waals surface area contributed by atoms with E-state index in [4.69, 9.17) is 14.1 Å². The van der Waals surface area contributed by atoms with E-state index in [9.17, 15) is 4.79 Å². The first-order chi connectivity index (χ1) is 15.1. The van der Waals surface area contributed by atoms with E-state index in [1.54, 1.807) is 0 Å². The van der Waals surface area contributed by atoms with Crippen LogP contribution in [0.25, 0.3) is 11.0 Å². The SMILES string of the molecule is CC#Cc1ccc2c(CCC3CCN(C(=O)O)CC3)noc2c1C(O[SiH](C)C)C(C)(C)C. The molecule has 0 radical (unpaired) electrons. The molecule has 1 aliphatic heterocycles. The van der Waals surface area contributed by atoms with Gasteiger partial charge in [-0.3, -0.25) is 0 Å². The average Bonchev–Trinajstić information content (AvgIpc) is 3.13. The molecule has 7 heteroatoms. The third-order valence-corrected chi connectivity index (χ3v) is 6.96. The Morgan fingerprint density at radius 2 is 2.03 bits per heavy atom. The van der Waals surface area contributed by atoms with Crippen molar-refractivity contribution in [1.82, 2.24) is 10.1 Å². The monoisotopic (exact) mass is 456 g/mol. The molecule has 2 heterocycles. The van der Waals surface area contributed by atoms with E-state index in [0.717, 1.165) is 53.5 Å². The first-order valence-corrected chi connectivity index (χ1v) is 14.4. The van der Waals surface area contributed by atoms with Crippen LogP contribution >= 0.6 is 0 Å². The molecule has 1 fully saturated rings. The van der Waals surface area contributed by atoms with E-state index < -0.39 is 15.1 Å². The van der Waals surface area contributed by atoms with Crippen molar-refractivity contribution in [1.29, 1.82) is 0 Å². The maximum absolute atomic E-state index is 11.1. The molecule has 2 aromatic rings. The molecule has 1 atom stereocenters. The van der Waals surface area contributed by atoms with Gasteiger partial charge in [-0.2, -0.15) is 0 Å². The lowest BCUT2D eigenvalue weighted by atomic mass is 9.82. The van der Waals surface area contributed by atoms with E-state index in [2.05, 4.69) is 63.0 Å². The van der Waals surface area contributed by atoms with Gasteiger partial charge in [-0.05, 0) is 69.2 Å². The molecule has 3 rings (SSSR count). The van der Waals surface area contributed by atoms with Crippen molar-refractivity contribution in [2.24, 2.45) is 11.3 Å². The Hall–Kier alpha value is -2.30. The zero-order valence-corrected chi connectivity index (χ0v) is 21.4. The number of amides is 1. The second-order valence-corrected chi connectivity index (χ2v) is 12.5. The molecule has 1 aromatic heterocycles. The van der Waals surface area contributed by atoms with Crippen molar-refractivity contribution in [2.75, 3.05) is 13.1 Å². The van der Waals surface area contributed by atoms with Crippen LogP contribution in [0.4, 0.5) is 4.79 Å². The molecule has 0 bridgehead atoms. The molecule has 1 aromatic carbocycles. The number of hydrogen-bond acceptors (Lipinski definition) is 4. The third-order valence-electron chi connectivity index (χ3n) is 6.15. The van der Waals surface area contributed by atoms with Gasteiger partial charge in [0.25, 0.3) is 0 Å². The van der Waals surface area contributed by atoms with Gasteiger partial charge < -0.3 is 19.0 Å². The van der Waals surface area contributed by atoms with Crippen molar-refractivity contribution in [3.63, 3.8) is 0 Å². The van der Waals surface area contributed by atoms with Crippen molar-refractivity contribution in [3.05, 3.63) is 29.0 Å². The Morgan fingerprint density at radius 1 is 1.34 bits per heavy atom. The van der Waals surface area contributed by atoms with Gasteiger partial charge in [0.05, 0.1) is 11.8 Å². The maximum atomic E-state index is 11.1. The van der Waals surface area contributed by atoms with Crippen LogP contribution < -0.4 is 0 Å². The highest BCUT2D eigenvalue weighted by molar-refractivity contribution is 6.48. The molecule has 6 nitrogen and oxygen atoms in total. The second kappa shape index (κ2) is 10.1. The zero-order valence-electron chi connectivity index (χ0n) is 20.2. The smallest absolute Gasteiger partial charge is 0.407 e. The summed E-state index contributed by atoms with van der Waals surface area (Å²) in [5.74, 6) is 6.79. The molecule has 1 unspecified atom stereocenters. The summed E-state index contributed by atoms with van der Waals surface area (Å²) in [6.45, 7) is 14.0. The van der Waals surface area contributed by atoms with Crippen LogP contribution in [0.3, 0.4) is 0 Å². The predicted octanol–water partition coefficient (Wildman–Crippen LogP) is 5.61. The molecule has 32 heavy (non-hydrogen) atoms. The fourth-order valence-corrected chi connectivity index (χ4v) is 5.58. The summed E-state index contributed by atoms with van der Waals surface area (Å²) < 4.78 is 12.5. The first kappa shape index (κ1) is 24.3. The molecule has 1 saturated heterocycles. The molecular formula is C25H36N2O4Si. The summed E-state index contributed by atoms with van der Waals surface area (Å²) >= 11 is 0. The minimum absolute atomic E-state index is 0.110. The van der Waals surface area contributed by atoms with Crippen LogP contribution in [-0.4, -0.2) is 43.4 Å². The van der Waals surface area contributed by atoms with E-state index in [0.29, 0.717) is 19.0 Å². The van der Waals surface area contributed by atoms with Gasteiger partial charge in [0.1, 0.15) is 0 Å². The standard InChI is InChI=1S/C25H36N2O4Si/c1-7-8-18-10-11-19-20(12-9-17-13-15-27(16-14-17)24(28)29)26-30-22(19)21(18)23(25(2,3)4)31-32(5)6/h10-11,17,23,32H,9,12-16H2,1-6H3,(H,28,29). The number of rotatable bonds is 6. The van der Waals surface area contributed by atoms with E-state index in [1.807, 2.05) is 6.92 Å². The normalized spacial score (nSPS) is 16.3. The van der Waals surface area contributed by atoms with Gasteiger partial charge in [0.2, 0.25) is 0 Å². The zero-order chi connectivity index (χ0) is 23.5. The maximum Gasteiger partial charge on any atom is 0.407 e. The number of fused-ring (bicyclic) bond motifs is 1. The van der Waals surface area contributed by atoms with Crippen molar-refractivity contribution in [3.8, 4) is 11.8 Å². The van der Waals surface area contributed by atoms with Crippen LogP contribution in [0.15, 0.2) is 16.7 Å². The summed E-state index contributed by atoms with van der Waals surface area (Å²) in [6.07, 6.45) is 2.69. The van der Waals surface area contributed by atoms with Crippen LogP contribution in [0.2, 0.25) is 13.1 Å². The third kappa shape index (κ3) is 5.54. The minimum Gasteiger partial charge on any atom is -0.465 e. The summed E-state index contributed by atoms with van der Waals surface area (Å²) in [7, 11) is -1.31. The van der Waals surface area contributed by atoms with Gasteiger partial charge in [0, 0.05) is 29.6 Å². The quantitative estimate of drug-likeness (QED) is 0.452. The molecule has 174 valence electrons. The molecule has 1 amide bonds. The fourth-order valence-electron chi connectivity index (χ4n) is 4.49. The van der Waals surface area contributed by atoms with Crippen LogP contribution in [0.5, 0.6) is 0 Å². The van der Waals surface area contributed by atoms with Crippen molar-refractivity contribution >= 4 is 26.1 Å². The molecule has 0 saturated carbocycles. The summed E-state index contributed by atoms with van der Waals surface area (Å²) in [5.41, 5.74) is 3.60. The number of likely N-dealkylation sites (tertiary alicyclic amines) is 1. The Bertz CT molecular complexity index is 1000. The lowest BCUT2D eigenvalue weighted by molar-refractivity contribution is 0.0865. The van der Waals surface area contributed by atoms with Crippen LogP contribution in [-0.2, 0) is 10.8 Å². The fraction of sp³-hybridized carbons (Fsp3) is 0.600. The van der Waals surface area contributed by atoms with Gasteiger partial charge in [0.15, 0.2) is 14.6 Å². The van der Waals surface area contributed by atoms with Crippen LogP contribution in [0.1, 0.15) is 69.9 Å². The van der Waals surface area contributed by atoms with E-state index in [1.165, 1.54) is 4.90 Å². The number of hydrogen-bond donors (Lipinski definition) is 1. The number of carbonyl (C=O) groups is 1. The number of aryl methyl sites for hydroxylation is 1. The molecule has 0 aliphatic carbocycles. The van der Waals surface area contributed by atoms with Crippen molar-refractivity contribution in [2.45, 2.75) is 72.6 Å². The summed E-state index contributed by atoms with van der Waals surface area (Å²) in [5, 5.41) is 14.6. The number of nitrogens with zero attached hydrogens (tertiary/aromatic N) is 2.